The molecular formula is C11H14N2O. The lowest BCUT2D eigenvalue weighted by Crippen LogP contribution is -2.44. The molecule has 0 unspecified atom stereocenters. The Morgan fingerprint density at radius 3 is 3.29 bits per heavy atom. The van der Waals surface area contributed by atoms with Crippen molar-refractivity contribution in [3.05, 3.63) is 30.2 Å². The van der Waals surface area contributed by atoms with Gasteiger partial charge in [-0.2, -0.15) is 0 Å². The molecule has 0 spiro atoms. The lowest BCUT2D eigenvalue weighted by atomic mass is 10.1. The molecule has 0 amide bonds. The molecule has 0 bridgehead atoms. The van der Waals surface area contributed by atoms with E-state index >= 15 is 0 Å². The molecule has 0 radical (unpaired) electrons. The first-order valence-electron chi connectivity index (χ1n) is 4.91. The van der Waals surface area contributed by atoms with Crippen LogP contribution in [0.15, 0.2) is 35.2 Å². The summed E-state index contributed by atoms with van der Waals surface area (Å²) in [5.74, 6) is 1.44. The molecule has 0 atom stereocenters. The molecule has 3 heteroatoms. The van der Waals surface area contributed by atoms with E-state index in [0.717, 1.165) is 32.0 Å². The molecular weight excluding hydrogens is 176 g/mol. The van der Waals surface area contributed by atoms with Gasteiger partial charge in [-0.05, 0) is 18.2 Å². The predicted molar refractivity (Wildman–Crippen MR) is 56.2 cm³/mol. The molecule has 2 aliphatic heterocycles. The van der Waals surface area contributed by atoms with E-state index in [2.05, 4.69) is 16.0 Å². The second-order valence-electron chi connectivity index (χ2n) is 3.44. The number of hydrogen-bond acceptors (Lipinski definition) is 3. The molecule has 3 nitrogen and oxygen atoms in total. The van der Waals surface area contributed by atoms with Crippen molar-refractivity contribution < 1.29 is 4.74 Å². The summed E-state index contributed by atoms with van der Waals surface area (Å²) in [6.45, 7) is 2.91. The topological polar surface area (TPSA) is 33.6 Å². The second kappa shape index (κ2) is 4.80. The monoisotopic (exact) mass is 190 g/mol. The van der Waals surface area contributed by atoms with Gasteiger partial charge in [0.05, 0.1) is 6.61 Å². The SMILES string of the molecule is C1=C/C=C\N=C(\OCC2CNC2)CC=1. The van der Waals surface area contributed by atoms with E-state index in [1.165, 1.54) is 0 Å². The van der Waals surface area contributed by atoms with Crippen LogP contribution < -0.4 is 5.32 Å². The van der Waals surface area contributed by atoms with Crippen LogP contribution in [0.25, 0.3) is 0 Å². The number of nitrogens with zero attached hydrogens (tertiary/aromatic N) is 1. The Kier molecular flexibility index (Phi) is 3.17. The Labute approximate surface area is 83.9 Å². The molecule has 2 rings (SSSR count). The van der Waals surface area contributed by atoms with Crippen molar-refractivity contribution in [2.24, 2.45) is 10.9 Å². The van der Waals surface area contributed by atoms with Gasteiger partial charge in [-0.1, -0.05) is 0 Å². The largest absolute Gasteiger partial charge is 0.480 e. The third-order valence-corrected chi connectivity index (χ3v) is 2.24. The van der Waals surface area contributed by atoms with Gasteiger partial charge in [0.25, 0.3) is 0 Å². The second-order valence-corrected chi connectivity index (χ2v) is 3.44. The molecule has 0 aliphatic carbocycles. The molecule has 1 fully saturated rings. The minimum atomic E-state index is 0.659. The molecule has 0 aromatic rings. The highest BCUT2D eigenvalue weighted by molar-refractivity contribution is 5.78. The Morgan fingerprint density at radius 1 is 1.57 bits per heavy atom. The third-order valence-electron chi connectivity index (χ3n) is 2.24. The van der Waals surface area contributed by atoms with Crippen molar-refractivity contribution in [1.29, 1.82) is 0 Å². The van der Waals surface area contributed by atoms with Crippen LogP contribution >= 0.6 is 0 Å². The molecule has 74 valence electrons. The Hall–Kier alpha value is -1.31. The number of nitrogens with one attached hydrogen (secondary N) is 1. The fraction of sp³-hybridized carbons (Fsp3) is 0.455. The maximum absolute atomic E-state index is 5.60. The van der Waals surface area contributed by atoms with Crippen LogP contribution in [-0.4, -0.2) is 25.6 Å². The van der Waals surface area contributed by atoms with Gasteiger partial charge in [-0.3, -0.25) is 0 Å². The van der Waals surface area contributed by atoms with Crippen LogP contribution in [0, 0.1) is 5.92 Å². The van der Waals surface area contributed by atoms with Gasteiger partial charge < -0.3 is 10.1 Å². The number of allylic oxidation sites excluding steroid dienone is 1. The average Bonchev–Trinajstić information content (AvgIpc) is 2.05. The highest BCUT2D eigenvalue weighted by Gasteiger charge is 2.17. The summed E-state index contributed by atoms with van der Waals surface area (Å²) >= 11 is 0. The van der Waals surface area contributed by atoms with E-state index in [1.54, 1.807) is 6.20 Å². The van der Waals surface area contributed by atoms with Gasteiger partial charge in [-0.15, -0.1) is 5.73 Å². The summed E-state index contributed by atoms with van der Waals surface area (Å²) in [7, 11) is 0. The van der Waals surface area contributed by atoms with Crippen LogP contribution in [0.3, 0.4) is 0 Å². The summed E-state index contributed by atoms with van der Waals surface area (Å²) in [4.78, 5) is 4.20. The van der Waals surface area contributed by atoms with Crippen molar-refractivity contribution in [3.8, 4) is 0 Å². The molecule has 2 heterocycles. The summed E-state index contributed by atoms with van der Waals surface area (Å²) in [6.07, 6.45) is 8.11. The summed E-state index contributed by atoms with van der Waals surface area (Å²) in [6, 6.07) is 0. The molecule has 0 aromatic heterocycles. The minimum absolute atomic E-state index is 0.659. The van der Waals surface area contributed by atoms with Crippen molar-refractivity contribution in [2.45, 2.75) is 6.42 Å². The first-order chi connectivity index (χ1) is 6.95. The van der Waals surface area contributed by atoms with Gasteiger partial charge in [0, 0.05) is 31.6 Å². The maximum Gasteiger partial charge on any atom is 0.192 e. The summed E-state index contributed by atoms with van der Waals surface area (Å²) in [5.41, 5.74) is 3.02. The maximum atomic E-state index is 5.60. The highest BCUT2D eigenvalue weighted by Crippen LogP contribution is 2.05. The summed E-state index contributed by atoms with van der Waals surface area (Å²) < 4.78 is 5.60. The fourth-order valence-electron chi connectivity index (χ4n) is 1.27. The minimum Gasteiger partial charge on any atom is -0.480 e. The predicted octanol–water partition coefficient (Wildman–Crippen LogP) is 1.25. The van der Waals surface area contributed by atoms with Crippen LogP contribution in [0.5, 0.6) is 0 Å². The zero-order chi connectivity index (χ0) is 9.64. The van der Waals surface area contributed by atoms with E-state index in [4.69, 9.17) is 4.74 Å². The van der Waals surface area contributed by atoms with Gasteiger partial charge in [0.15, 0.2) is 5.90 Å². The lowest BCUT2D eigenvalue weighted by Gasteiger charge is -2.26. The van der Waals surface area contributed by atoms with Gasteiger partial charge in [0.2, 0.25) is 0 Å². The van der Waals surface area contributed by atoms with Crippen molar-refractivity contribution in [1.82, 2.24) is 5.32 Å². The number of hydrogen-bond donors (Lipinski definition) is 1. The quantitative estimate of drug-likeness (QED) is 0.665. The van der Waals surface area contributed by atoms with Crippen LogP contribution in [0.2, 0.25) is 0 Å². The first-order valence-corrected chi connectivity index (χ1v) is 4.91. The molecule has 14 heavy (non-hydrogen) atoms. The van der Waals surface area contributed by atoms with E-state index < -0.39 is 0 Å². The normalized spacial score (nSPS) is 27.0. The lowest BCUT2D eigenvalue weighted by molar-refractivity contribution is 0.187. The number of ether oxygens (including phenoxy) is 1. The fourth-order valence-corrected chi connectivity index (χ4v) is 1.27. The van der Waals surface area contributed by atoms with E-state index in [-0.39, 0.29) is 0 Å². The molecule has 1 N–H and O–H groups in total. The van der Waals surface area contributed by atoms with E-state index in [1.807, 2.05) is 18.2 Å². The zero-order valence-corrected chi connectivity index (χ0v) is 8.07. The van der Waals surface area contributed by atoms with Crippen molar-refractivity contribution >= 4 is 5.90 Å². The molecule has 0 saturated carbocycles. The summed E-state index contributed by atoms with van der Waals surface area (Å²) in [5, 5.41) is 3.21. The zero-order valence-electron chi connectivity index (χ0n) is 8.07. The van der Waals surface area contributed by atoms with Crippen molar-refractivity contribution in [2.75, 3.05) is 19.7 Å². The van der Waals surface area contributed by atoms with Crippen LogP contribution in [0.4, 0.5) is 0 Å². The smallest absolute Gasteiger partial charge is 0.192 e. The van der Waals surface area contributed by atoms with Crippen LogP contribution in [-0.2, 0) is 4.74 Å². The molecule has 2 aliphatic rings. The Bertz CT molecular complexity index is 307. The third kappa shape index (κ3) is 2.59. The van der Waals surface area contributed by atoms with E-state index in [9.17, 15) is 0 Å². The molecule has 1 saturated heterocycles. The van der Waals surface area contributed by atoms with Crippen LogP contribution in [0.1, 0.15) is 6.42 Å². The number of rotatable bonds is 2. The Balaban J connectivity index is 1.81. The molecule has 0 aromatic carbocycles. The standard InChI is InChI=1S/C11H14N2O/c1-2-4-6-13-11(5-3-1)14-9-10-7-12-8-10/h2-4,6,10,12H,5,7-9H2/b6-4-,13-11+. The van der Waals surface area contributed by atoms with Gasteiger partial charge in [0.1, 0.15) is 0 Å². The van der Waals surface area contributed by atoms with E-state index in [0.29, 0.717) is 5.92 Å². The Morgan fingerprint density at radius 2 is 2.50 bits per heavy atom. The van der Waals surface area contributed by atoms with Crippen molar-refractivity contribution in [3.63, 3.8) is 0 Å². The average molecular weight is 190 g/mol. The van der Waals surface area contributed by atoms with Gasteiger partial charge in [-0.25, -0.2) is 4.99 Å². The first kappa shape index (κ1) is 9.25. The number of aliphatic imine (C=N–C) groups is 1. The van der Waals surface area contributed by atoms with Gasteiger partial charge >= 0.3 is 0 Å². The highest BCUT2D eigenvalue weighted by atomic mass is 16.5.